The normalized spacial score (nSPS) is 19.3. The number of halogens is 3. The number of hydrogen-bond acceptors (Lipinski definition) is 5. The number of hydrogen-bond donors (Lipinski definition) is 1. The molecule has 1 aliphatic heterocycles. The molecule has 2 aromatic heterocycles. The minimum Gasteiger partial charge on any atom is -0.487 e. The highest BCUT2D eigenvalue weighted by Crippen LogP contribution is 2.43. The number of aliphatic hydroxyl groups is 1. The van der Waals surface area contributed by atoms with Crippen molar-refractivity contribution in [3.8, 4) is 0 Å². The van der Waals surface area contributed by atoms with E-state index in [1.54, 1.807) is 12.3 Å². The third-order valence-corrected chi connectivity index (χ3v) is 4.91. The van der Waals surface area contributed by atoms with Gasteiger partial charge in [0.05, 0.1) is 11.9 Å². The van der Waals surface area contributed by atoms with Gasteiger partial charge in [-0.1, -0.05) is 11.6 Å². The summed E-state index contributed by atoms with van der Waals surface area (Å²) in [5.41, 5.74) is 2.55. The van der Waals surface area contributed by atoms with E-state index in [2.05, 4.69) is 9.97 Å². The number of aromatic nitrogens is 2. The van der Waals surface area contributed by atoms with Gasteiger partial charge in [0.2, 0.25) is 0 Å². The quantitative estimate of drug-likeness (QED) is 0.753. The van der Waals surface area contributed by atoms with Gasteiger partial charge >= 0.3 is 0 Å². The second kappa shape index (κ2) is 7.48. The largest absolute Gasteiger partial charge is 0.487 e. The summed E-state index contributed by atoms with van der Waals surface area (Å²) in [6.07, 6.45) is 7.00. The van der Waals surface area contributed by atoms with E-state index in [0.29, 0.717) is 16.8 Å². The van der Waals surface area contributed by atoms with Crippen LogP contribution in [0.1, 0.15) is 24.1 Å². The van der Waals surface area contributed by atoms with Gasteiger partial charge in [-0.2, -0.15) is 0 Å². The topological polar surface area (TPSA) is 58.5 Å². The molecule has 5 nitrogen and oxygen atoms in total. The number of allylic oxidation sites excluding steroid dienone is 2. The molecule has 1 fully saturated rings. The number of aliphatic hydroxyl groups excluding tert-OH is 1. The third kappa shape index (κ3) is 3.86. The van der Waals surface area contributed by atoms with Gasteiger partial charge in [-0.25, -0.2) is 13.8 Å². The van der Waals surface area contributed by atoms with Crippen molar-refractivity contribution in [1.82, 2.24) is 9.97 Å². The van der Waals surface area contributed by atoms with E-state index >= 15 is 0 Å². The minimum absolute atomic E-state index is 0.00245. The monoisotopic (exact) mass is 405 g/mol. The lowest BCUT2D eigenvalue weighted by Gasteiger charge is -2.35. The number of pyridine rings is 2. The number of nitrogens with zero attached hydrogens (tertiary/aromatic N) is 3. The van der Waals surface area contributed by atoms with Gasteiger partial charge in [0.25, 0.3) is 0 Å². The van der Waals surface area contributed by atoms with Crippen molar-refractivity contribution in [2.75, 3.05) is 4.90 Å². The fourth-order valence-electron chi connectivity index (χ4n) is 3.15. The Kier molecular flexibility index (Phi) is 5.03. The average molecular weight is 406 g/mol. The van der Waals surface area contributed by atoms with Crippen LogP contribution in [0, 0.1) is 24.5 Å². The Morgan fingerprint density at radius 1 is 1.25 bits per heavy atom. The number of ether oxygens (including phenoxy) is 1. The molecule has 3 heterocycles. The molecule has 0 spiro atoms. The van der Waals surface area contributed by atoms with E-state index in [9.17, 15) is 13.9 Å². The second-order valence-corrected chi connectivity index (χ2v) is 7.25. The first-order valence-corrected chi connectivity index (χ1v) is 9.26. The minimum atomic E-state index is -0.973. The van der Waals surface area contributed by atoms with Gasteiger partial charge in [0.1, 0.15) is 29.0 Å². The molecule has 1 aliphatic carbocycles. The van der Waals surface area contributed by atoms with Crippen molar-refractivity contribution in [2.24, 2.45) is 5.92 Å². The predicted octanol–water partition coefficient (Wildman–Crippen LogP) is 4.25. The number of rotatable bonds is 5. The van der Waals surface area contributed by atoms with Gasteiger partial charge in [-0.05, 0) is 43.4 Å². The van der Waals surface area contributed by atoms with Gasteiger partial charge in [0.15, 0.2) is 12.0 Å². The first-order chi connectivity index (χ1) is 13.4. The van der Waals surface area contributed by atoms with Gasteiger partial charge in [-0.3, -0.25) is 4.98 Å². The highest BCUT2D eigenvalue weighted by molar-refractivity contribution is 6.29. The zero-order chi connectivity index (χ0) is 19.8. The first-order valence-electron chi connectivity index (χ1n) is 8.88. The van der Waals surface area contributed by atoms with Crippen LogP contribution in [0.2, 0.25) is 5.15 Å². The fraction of sp³-hybridized carbons (Fsp3) is 0.300. The van der Waals surface area contributed by atoms with Crippen LogP contribution in [0.4, 0.5) is 14.5 Å². The van der Waals surface area contributed by atoms with Crippen molar-refractivity contribution in [1.29, 1.82) is 0 Å². The van der Waals surface area contributed by atoms with Crippen molar-refractivity contribution in [2.45, 2.75) is 32.6 Å². The van der Waals surface area contributed by atoms with Crippen LogP contribution in [0.15, 0.2) is 48.1 Å². The molecule has 1 atom stereocenters. The SMILES string of the molecule is Cc1cnc(Cl)cc1N1C(C2CC2)=CC(OCc2ncc(F)cc2F)=CC1O. The summed E-state index contributed by atoms with van der Waals surface area (Å²) in [5.74, 6) is -0.804. The molecule has 4 rings (SSSR count). The van der Waals surface area contributed by atoms with Crippen molar-refractivity contribution in [3.05, 3.63) is 76.2 Å². The lowest BCUT2D eigenvalue weighted by atomic mass is 10.1. The molecule has 0 aromatic carbocycles. The standard InChI is InChI=1S/C20H18ClF2N3O2/c1-11-8-25-19(21)7-17(11)26-18(12-2-3-12)5-14(6-20(26)27)28-10-16-15(23)4-13(22)9-24-16/h4-9,12,20,27H,2-3,10H2,1H3. The first kappa shape index (κ1) is 18.8. The molecule has 1 unspecified atom stereocenters. The highest BCUT2D eigenvalue weighted by atomic mass is 35.5. The molecule has 8 heteroatoms. The summed E-state index contributed by atoms with van der Waals surface area (Å²) in [6.45, 7) is 1.73. The van der Waals surface area contributed by atoms with Crippen LogP contribution in [-0.4, -0.2) is 21.3 Å². The Bertz CT molecular complexity index is 976. The predicted molar refractivity (Wildman–Crippen MR) is 100 cm³/mol. The molecule has 2 aliphatic rings. The summed E-state index contributed by atoms with van der Waals surface area (Å²) in [4.78, 5) is 9.59. The van der Waals surface area contributed by atoms with E-state index in [1.165, 1.54) is 6.08 Å². The molecule has 2 aromatic rings. The Balaban J connectivity index is 1.59. The maximum Gasteiger partial charge on any atom is 0.154 e. The molecule has 0 saturated heterocycles. The molecule has 1 N–H and O–H groups in total. The van der Waals surface area contributed by atoms with Crippen LogP contribution >= 0.6 is 11.6 Å². The van der Waals surface area contributed by atoms with Gasteiger partial charge in [-0.15, -0.1) is 0 Å². The van der Waals surface area contributed by atoms with Crippen molar-refractivity contribution in [3.63, 3.8) is 0 Å². The van der Waals surface area contributed by atoms with Crippen LogP contribution in [0.25, 0.3) is 0 Å². The summed E-state index contributed by atoms with van der Waals surface area (Å²) < 4.78 is 32.4. The van der Waals surface area contributed by atoms with E-state index in [4.69, 9.17) is 16.3 Å². The summed E-state index contributed by atoms with van der Waals surface area (Å²) >= 11 is 6.05. The van der Waals surface area contributed by atoms with E-state index in [1.807, 2.05) is 17.9 Å². The fourth-order valence-corrected chi connectivity index (χ4v) is 3.30. The van der Waals surface area contributed by atoms with Gasteiger partial charge < -0.3 is 14.7 Å². The summed E-state index contributed by atoms with van der Waals surface area (Å²) in [7, 11) is 0. The molecule has 146 valence electrons. The van der Waals surface area contributed by atoms with Crippen LogP contribution in [-0.2, 0) is 11.3 Å². The van der Waals surface area contributed by atoms with Crippen LogP contribution in [0.3, 0.4) is 0 Å². The third-order valence-electron chi connectivity index (χ3n) is 4.70. The van der Waals surface area contributed by atoms with E-state index < -0.39 is 17.9 Å². The lowest BCUT2D eigenvalue weighted by molar-refractivity contribution is 0.176. The molecule has 1 saturated carbocycles. The molecule has 0 amide bonds. The Morgan fingerprint density at radius 2 is 2.04 bits per heavy atom. The highest BCUT2D eigenvalue weighted by Gasteiger charge is 2.36. The zero-order valence-electron chi connectivity index (χ0n) is 15.1. The molecule has 28 heavy (non-hydrogen) atoms. The Labute approximate surface area is 165 Å². The molecule has 0 bridgehead atoms. The Morgan fingerprint density at radius 3 is 2.75 bits per heavy atom. The summed E-state index contributed by atoms with van der Waals surface area (Å²) in [5, 5.41) is 11.1. The summed E-state index contributed by atoms with van der Waals surface area (Å²) in [6, 6.07) is 2.48. The average Bonchev–Trinajstić information content (AvgIpc) is 3.48. The molecular formula is C20H18ClF2N3O2. The maximum absolute atomic E-state index is 13.8. The van der Waals surface area contributed by atoms with Crippen molar-refractivity contribution >= 4 is 17.3 Å². The molecule has 0 radical (unpaired) electrons. The van der Waals surface area contributed by atoms with Crippen molar-refractivity contribution < 1.29 is 18.6 Å². The lowest BCUT2D eigenvalue weighted by Crippen LogP contribution is -2.37. The van der Waals surface area contributed by atoms with E-state index in [-0.39, 0.29) is 12.3 Å². The van der Waals surface area contributed by atoms with Gasteiger partial charge in [0, 0.05) is 24.0 Å². The molecular weight excluding hydrogens is 388 g/mol. The smallest absolute Gasteiger partial charge is 0.154 e. The maximum atomic E-state index is 13.8. The van der Waals surface area contributed by atoms with Crippen LogP contribution < -0.4 is 4.90 Å². The number of anilines is 1. The number of aryl methyl sites for hydroxylation is 1. The Hall–Kier alpha value is -2.51. The second-order valence-electron chi connectivity index (χ2n) is 6.86. The van der Waals surface area contributed by atoms with Crippen LogP contribution in [0.5, 0.6) is 0 Å². The zero-order valence-corrected chi connectivity index (χ0v) is 15.8. The van der Waals surface area contributed by atoms with E-state index in [0.717, 1.165) is 42.1 Å².